The zero-order chi connectivity index (χ0) is 19.4. The van der Waals surface area contributed by atoms with Crippen molar-refractivity contribution in [2.45, 2.75) is 38.8 Å². The number of hydrogen-bond donors (Lipinski definition) is 1. The van der Waals surface area contributed by atoms with Crippen molar-refractivity contribution in [2.24, 2.45) is 0 Å². The van der Waals surface area contributed by atoms with Gasteiger partial charge in [-0.15, -0.1) is 0 Å². The fourth-order valence-corrected chi connectivity index (χ4v) is 3.30. The summed E-state index contributed by atoms with van der Waals surface area (Å²) < 4.78 is 26.9. The number of nitrogens with one attached hydrogen (secondary N) is 1. The molecular formula is C21H22F2N2O2. The molecule has 2 aromatic rings. The minimum absolute atomic E-state index is 0.174. The highest BCUT2D eigenvalue weighted by atomic mass is 19.1. The van der Waals surface area contributed by atoms with E-state index in [0.717, 1.165) is 36.1 Å². The van der Waals surface area contributed by atoms with Crippen LogP contribution < -0.4 is 5.32 Å². The topological polar surface area (TPSA) is 49.4 Å². The summed E-state index contributed by atoms with van der Waals surface area (Å²) in [6.45, 7) is 3.08. The van der Waals surface area contributed by atoms with Gasteiger partial charge in [0, 0.05) is 19.2 Å². The van der Waals surface area contributed by atoms with E-state index < -0.39 is 23.6 Å². The standard InChI is InChI=1S/C21H22F2N2O2/c1-14-6-2-3-7-15(14)13-25-11-5-4-8-19(21(25)27)24-20(26)17-10-9-16(22)12-18(17)23/h2-3,6-7,9-10,12,19H,4-5,8,11,13H2,1H3,(H,24,26). The summed E-state index contributed by atoms with van der Waals surface area (Å²) in [6.07, 6.45) is 2.12. The zero-order valence-corrected chi connectivity index (χ0v) is 15.2. The van der Waals surface area contributed by atoms with Crippen LogP contribution >= 0.6 is 0 Å². The Balaban J connectivity index is 1.74. The van der Waals surface area contributed by atoms with Crippen molar-refractivity contribution in [3.05, 3.63) is 70.8 Å². The fraction of sp³-hybridized carbons (Fsp3) is 0.333. The predicted octanol–water partition coefficient (Wildman–Crippen LogP) is 3.58. The molecule has 1 atom stereocenters. The summed E-state index contributed by atoms with van der Waals surface area (Å²) in [7, 11) is 0. The Morgan fingerprint density at radius 1 is 1.19 bits per heavy atom. The lowest BCUT2D eigenvalue weighted by molar-refractivity contribution is -0.133. The summed E-state index contributed by atoms with van der Waals surface area (Å²) in [6, 6.07) is 9.92. The van der Waals surface area contributed by atoms with Crippen molar-refractivity contribution in [1.82, 2.24) is 10.2 Å². The van der Waals surface area contributed by atoms with E-state index in [2.05, 4.69) is 5.32 Å². The predicted molar refractivity (Wildman–Crippen MR) is 98.1 cm³/mol. The maximum atomic E-state index is 13.8. The normalized spacial score (nSPS) is 17.5. The minimum Gasteiger partial charge on any atom is -0.340 e. The molecule has 0 aromatic heterocycles. The molecule has 0 saturated carbocycles. The summed E-state index contributed by atoms with van der Waals surface area (Å²) >= 11 is 0. The molecule has 27 heavy (non-hydrogen) atoms. The molecule has 142 valence electrons. The van der Waals surface area contributed by atoms with Gasteiger partial charge in [0.05, 0.1) is 5.56 Å². The van der Waals surface area contributed by atoms with Crippen molar-refractivity contribution in [1.29, 1.82) is 0 Å². The van der Waals surface area contributed by atoms with Crippen molar-refractivity contribution in [2.75, 3.05) is 6.54 Å². The summed E-state index contributed by atoms with van der Waals surface area (Å²) in [4.78, 5) is 27.0. The molecule has 2 amide bonds. The summed E-state index contributed by atoms with van der Waals surface area (Å²) in [5.74, 6) is -2.57. The van der Waals surface area contributed by atoms with Gasteiger partial charge in [0.2, 0.25) is 5.91 Å². The molecule has 1 N–H and O–H groups in total. The molecule has 6 heteroatoms. The number of rotatable bonds is 4. The third-order valence-electron chi connectivity index (χ3n) is 4.88. The summed E-state index contributed by atoms with van der Waals surface area (Å²) in [5, 5.41) is 2.62. The van der Waals surface area contributed by atoms with E-state index in [-0.39, 0.29) is 11.5 Å². The smallest absolute Gasteiger partial charge is 0.254 e. The van der Waals surface area contributed by atoms with E-state index in [1.165, 1.54) is 0 Å². The second-order valence-corrected chi connectivity index (χ2v) is 6.83. The van der Waals surface area contributed by atoms with Gasteiger partial charge in [0.1, 0.15) is 17.7 Å². The molecule has 1 aliphatic heterocycles. The monoisotopic (exact) mass is 372 g/mol. The van der Waals surface area contributed by atoms with Gasteiger partial charge in [-0.3, -0.25) is 9.59 Å². The van der Waals surface area contributed by atoms with Crippen molar-refractivity contribution >= 4 is 11.8 Å². The van der Waals surface area contributed by atoms with E-state index in [1.54, 1.807) is 4.90 Å². The van der Waals surface area contributed by atoms with Crippen LogP contribution in [0.4, 0.5) is 8.78 Å². The first-order chi connectivity index (χ1) is 13.0. The van der Waals surface area contributed by atoms with Crippen LogP contribution in [0.2, 0.25) is 0 Å². The lowest BCUT2D eigenvalue weighted by atomic mass is 10.1. The second-order valence-electron chi connectivity index (χ2n) is 6.83. The number of likely N-dealkylation sites (tertiary alicyclic amines) is 1. The van der Waals surface area contributed by atoms with Crippen LogP contribution in [-0.2, 0) is 11.3 Å². The number of amides is 2. The Hall–Kier alpha value is -2.76. The molecule has 1 aliphatic rings. The minimum atomic E-state index is -0.940. The average Bonchev–Trinajstić information content (AvgIpc) is 2.79. The second kappa shape index (κ2) is 8.29. The van der Waals surface area contributed by atoms with Crippen LogP contribution in [0.15, 0.2) is 42.5 Å². The Morgan fingerprint density at radius 3 is 2.70 bits per heavy atom. The highest BCUT2D eigenvalue weighted by Crippen LogP contribution is 2.18. The van der Waals surface area contributed by atoms with Crippen LogP contribution in [0, 0.1) is 18.6 Å². The Labute approximate surface area is 157 Å². The van der Waals surface area contributed by atoms with Crippen LogP contribution in [-0.4, -0.2) is 29.3 Å². The molecule has 0 radical (unpaired) electrons. The third-order valence-corrected chi connectivity index (χ3v) is 4.88. The number of hydrogen-bond acceptors (Lipinski definition) is 2. The Kier molecular flexibility index (Phi) is 5.84. The maximum absolute atomic E-state index is 13.8. The van der Waals surface area contributed by atoms with E-state index in [4.69, 9.17) is 0 Å². The van der Waals surface area contributed by atoms with E-state index in [9.17, 15) is 18.4 Å². The lowest BCUT2D eigenvalue weighted by Gasteiger charge is -2.25. The first-order valence-corrected chi connectivity index (χ1v) is 9.05. The number of carbonyl (C=O) groups excluding carboxylic acids is 2. The van der Waals surface area contributed by atoms with Crippen LogP contribution in [0.5, 0.6) is 0 Å². The first-order valence-electron chi connectivity index (χ1n) is 9.05. The molecule has 0 spiro atoms. The van der Waals surface area contributed by atoms with Crippen molar-refractivity contribution in [3.8, 4) is 0 Å². The number of nitrogens with zero attached hydrogens (tertiary/aromatic N) is 1. The van der Waals surface area contributed by atoms with Crippen molar-refractivity contribution in [3.63, 3.8) is 0 Å². The first kappa shape index (κ1) is 19.0. The van der Waals surface area contributed by atoms with Crippen LogP contribution in [0.1, 0.15) is 40.7 Å². The van der Waals surface area contributed by atoms with Gasteiger partial charge in [-0.2, -0.15) is 0 Å². The van der Waals surface area contributed by atoms with Gasteiger partial charge in [-0.25, -0.2) is 8.78 Å². The van der Waals surface area contributed by atoms with Crippen LogP contribution in [0.25, 0.3) is 0 Å². The zero-order valence-electron chi connectivity index (χ0n) is 15.2. The highest BCUT2D eigenvalue weighted by Gasteiger charge is 2.29. The van der Waals surface area contributed by atoms with Gasteiger partial charge in [0.25, 0.3) is 5.91 Å². The molecule has 4 nitrogen and oxygen atoms in total. The summed E-state index contributed by atoms with van der Waals surface area (Å²) in [5.41, 5.74) is 1.89. The molecule has 3 rings (SSSR count). The highest BCUT2D eigenvalue weighted by molar-refractivity contribution is 5.97. The van der Waals surface area contributed by atoms with E-state index >= 15 is 0 Å². The van der Waals surface area contributed by atoms with Gasteiger partial charge >= 0.3 is 0 Å². The Morgan fingerprint density at radius 2 is 1.96 bits per heavy atom. The largest absolute Gasteiger partial charge is 0.340 e. The van der Waals surface area contributed by atoms with Crippen LogP contribution in [0.3, 0.4) is 0 Å². The van der Waals surface area contributed by atoms with Gasteiger partial charge in [-0.1, -0.05) is 24.3 Å². The molecular weight excluding hydrogens is 350 g/mol. The molecule has 1 saturated heterocycles. The van der Waals surface area contributed by atoms with Gasteiger partial charge < -0.3 is 10.2 Å². The molecule has 0 bridgehead atoms. The fourth-order valence-electron chi connectivity index (χ4n) is 3.30. The van der Waals surface area contributed by atoms with Crippen molar-refractivity contribution < 1.29 is 18.4 Å². The quantitative estimate of drug-likeness (QED) is 0.892. The maximum Gasteiger partial charge on any atom is 0.254 e. The molecule has 1 fully saturated rings. The molecule has 1 heterocycles. The number of benzene rings is 2. The Bertz CT molecular complexity index is 854. The van der Waals surface area contributed by atoms with E-state index in [1.807, 2.05) is 31.2 Å². The molecule has 0 aliphatic carbocycles. The molecule has 2 aromatic carbocycles. The number of aryl methyl sites for hydroxylation is 1. The number of carbonyl (C=O) groups is 2. The molecule has 1 unspecified atom stereocenters. The van der Waals surface area contributed by atoms with Gasteiger partial charge in [0.15, 0.2) is 0 Å². The van der Waals surface area contributed by atoms with Gasteiger partial charge in [-0.05, 0) is 49.4 Å². The van der Waals surface area contributed by atoms with E-state index in [0.29, 0.717) is 25.6 Å². The SMILES string of the molecule is Cc1ccccc1CN1CCCCC(NC(=O)c2ccc(F)cc2F)C1=O. The number of halogens is 2. The average molecular weight is 372 g/mol. The lowest BCUT2D eigenvalue weighted by Crippen LogP contribution is -2.47. The third kappa shape index (κ3) is 4.51.